The summed E-state index contributed by atoms with van der Waals surface area (Å²) in [4.78, 5) is 11.4. The summed E-state index contributed by atoms with van der Waals surface area (Å²) in [7, 11) is 0. The smallest absolute Gasteiger partial charge is 0.127 e. The van der Waals surface area contributed by atoms with Crippen LogP contribution in [0.3, 0.4) is 0 Å². The first-order valence-corrected chi connectivity index (χ1v) is 8.63. The zero-order chi connectivity index (χ0) is 15.2. The Labute approximate surface area is 130 Å². The molecule has 1 saturated carbocycles. The molecule has 0 spiro atoms. The Morgan fingerprint density at radius 2 is 1.95 bits per heavy atom. The van der Waals surface area contributed by atoms with Crippen molar-refractivity contribution in [2.45, 2.75) is 65.4 Å². The largest absolute Gasteiger partial charge is 0.387 e. The molecular formula is C17H24N2OS. The maximum atomic E-state index is 9.95. The van der Waals surface area contributed by atoms with E-state index in [2.05, 4.69) is 29.9 Å². The van der Waals surface area contributed by atoms with Gasteiger partial charge in [0.1, 0.15) is 10.7 Å². The summed E-state index contributed by atoms with van der Waals surface area (Å²) in [6, 6.07) is 2.23. The topological polar surface area (TPSA) is 46.0 Å². The number of hydrogen-bond acceptors (Lipinski definition) is 4. The molecule has 3 rings (SSSR count). The maximum Gasteiger partial charge on any atom is 0.127 e. The van der Waals surface area contributed by atoms with Gasteiger partial charge in [-0.1, -0.05) is 13.8 Å². The van der Waals surface area contributed by atoms with Crippen molar-refractivity contribution in [3.05, 3.63) is 22.5 Å². The lowest BCUT2D eigenvalue weighted by atomic mass is 9.73. The molecule has 3 nitrogen and oxygen atoms in total. The van der Waals surface area contributed by atoms with E-state index >= 15 is 0 Å². The fraction of sp³-hybridized carbons (Fsp3) is 0.647. The van der Waals surface area contributed by atoms with E-state index in [0.29, 0.717) is 11.3 Å². The highest BCUT2D eigenvalue weighted by atomic mass is 32.1. The van der Waals surface area contributed by atoms with Gasteiger partial charge in [0.25, 0.3) is 0 Å². The lowest BCUT2D eigenvalue weighted by Crippen LogP contribution is -2.19. The van der Waals surface area contributed by atoms with Gasteiger partial charge >= 0.3 is 0 Å². The average Bonchev–Trinajstić information content (AvgIpc) is 2.80. The van der Waals surface area contributed by atoms with Crippen molar-refractivity contribution in [2.24, 2.45) is 5.41 Å². The minimum absolute atomic E-state index is 0.494. The quantitative estimate of drug-likeness (QED) is 0.872. The Kier molecular flexibility index (Phi) is 3.78. The third-order valence-corrected chi connectivity index (χ3v) is 5.88. The summed E-state index contributed by atoms with van der Waals surface area (Å²) in [6.45, 7) is 8.42. The molecule has 1 aliphatic rings. The van der Waals surface area contributed by atoms with Gasteiger partial charge in [0, 0.05) is 10.3 Å². The molecule has 4 heteroatoms. The van der Waals surface area contributed by atoms with Gasteiger partial charge in [-0.25, -0.2) is 9.97 Å². The number of aryl methyl sites for hydroxylation is 1. The Bertz CT molecular complexity index is 650. The molecule has 1 aliphatic carbocycles. The number of fused-ring (bicyclic) bond motifs is 1. The molecule has 0 amide bonds. The van der Waals surface area contributed by atoms with E-state index in [4.69, 9.17) is 0 Å². The van der Waals surface area contributed by atoms with E-state index in [1.165, 1.54) is 30.6 Å². The summed E-state index contributed by atoms with van der Waals surface area (Å²) in [5, 5.41) is 11.0. The van der Waals surface area contributed by atoms with Crippen LogP contribution in [0.4, 0.5) is 0 Å². The van der Waals surface area contributed by atoms with E-state index < -0.39 is 6.10 Å². The van der Waals surface area contributed by atoms with Gasteiger partial charge in [-0.15, -0.1) is 11.3 Å². The van der Waals surface area contributed by atoms with Crippen molar-refractivity contribution in [3.63, 3.8) is 0 Å². The zero-order valence-corrected chi connectivity index (χ0v) is 14.1. The van der Waals surface area contributed by atoms with Crippen LogP contribution < -0.4 is 0 Å². The monoisotopic (exact) mass is 304 g/mol. The van der Waals surface area contributed by atoms with Crippen LogP contribution in [0.2, 0.25) is 0 Å². The highest BCUT2D eigenvalue weighted by Gasteiger charge is 2.29. The highest BCUT2D eigenvalue weighted by molar-refractivity contribution is 7.18. The molecule has 21 heavy (non-hydrogen) atoms. The number of aliphatic hydroxyl groups is 1. The number of aromatic nitrogens is 2. The summed E-state index contributed by atoms with van der Waals surface area (Å²) in [6.07, 6.45) is 4.56. The molecule has 2 aromatic rings. The van der Waals surface area contributed by atoms with E-state index in [-0.39, 0.29) is 0 Å². The molecule has 0 aliphatic heterocycles. The van der Waals surface area contributed by atoms with Gasteiger partial charge < -0.3 is 5.11 Å². The van der Waals surface area contributed by atoms with E-state index in [9.17, 15) is 5.11 Å². The number of hydrogen-bond donors (Lipinski definition) is 1. The normalized spacial score (nSPS) is 20.8. The third-order valence-electron chi connectivity index (χ3n) is 4.69. The second-order valence-corrected chi connectivity index (χ2v) is 8.20. The Hall–Kier alpha value is -1.00. The van der Waals surface area contributed by atoms with Crippen LogP contribution >= 0.6 is 11.3 Å². The molecule has 2 heterocycles. The first-order chi connectivity index (χ1) is 9.85. The van der Waals surface area contributed by atoms with Crippen molar-refractivity contribution in [3.8, 4) is 0 Å². The molecule has 0 aromatic carbocycles. The van der Waals surface area contributed by atoms with Crippen LogP contribution in [0.25, 0.3) is 10.2 Å². The van der Waals surface area contributed by atoms with Crippen molar-refractivity contribution >= 4 is 21.6 Å². The van der Waals surface area contributed by atoms with Gasteiger partial charge in [-0.3, -0.25) is 0 Å². The van der Waals surface area contributed by atoms with Crippen molar-refractivity contribution in [2.75, 3.05) is 0 Å². The van der Waals surface area contributed by atoms with Crippen molar-refractivity contribution in [1.29, 1.82) is 0 Å². The van der Waals surface area contributed by atoms with Gasteiger partial charge in [-0.05, 0) is 56.9 Å². The minimum Gasteiger partial charge on any atom is -0.387 e. The van der Waals surface area contributed by atoms with Gasteiger partial charge in [0.05, 0.1) is 11.8 Å². The Morgan fingerprint density at radius 1 is 1.29 bits per heavy atom. The number of nitrogens with zero attached hydrogens (tertiary/aromatic N) is 2. The van der Waals surface area contributed by atoms with E-state index in [0.717, 1.165) is 21.7 Å². The molecule has 0 bridgehead atoms. The molecule has 1 fully saturated rings. The molecule has 1 atom stereocenters. The van der Waals surface area contributed by atoms with Crippen LogP contribution in [-0.4, -0.2) is 15.1 Å². The van der Waals surface area contributed by atoms with Crippen LogP contribution in [0.15, 0.2) is 6.07 Å². The summed E-state index contributed by atoms with van der Waals surface area (Å²) >= 11 is 1.79. The average molecular weight is 304 g/mol. The first kappa shape index (κ1) is 14.9. The lowest BCUT2D eigenvalue weighted by molar-refractivity contribution is 0.196. The van der Waals surface area contributed by atoms with Gasteiger partial charge in [0.15, 0.2) is 0 Å². The number of thiophene rings is 1. The molecule has 2 aromatic heterocycles. The predicted octanol–water partition coefficient (Wildman–Crippen LogP) is 4.74. The number of rotatable bonds is 2. The fourth-order valence-corrected chi connectivity index (χ4v) is 4.53. The third kappa shape index (κ3) is 2.97. The molecule has 0 saturated heterocycles. The molecule has 114 valence electrons. The van der Waals surface area contributed by atoms with Gasteiger partial charge in [-0.2, -0.15) is 0 Å². The minimum atomic E-state index is -0.540. The summed E-state index contributed by atoms with van der Waals surface area (Å²) < 4.78 is 0. The molecule has 0 radical (unpaired) electrons. The Morgan fingerprint density at radius 3 is 2.57 bits per heavy atom. The van der Waals surface area contributed by atoms with Crippen molar-refractivity contribution in [1.82, 2.24) is 9.97 Å². The fourth-order valence-electron chi connectivity index (χ4n) is 3.28. The van der Waals surface area contributed by atoms with Crippen LogP contribution in [0.1, 0.15) is 74.9 Å². The second kappa shape index (κ2) is 5.33. The van der Waals surface area contributed by atoms with Crippen LogP contribution in [-0.2, 0) is 0 Å². The maximum absolute atomic E-state index is 9.95. The Balaban J connectivity index is 1.96. The second-order valence-electron chi connectivity index (χ2n) is 7.14. The SMILES string of the molecule is Cc1nc(C(C)O)c2cc(C3CCC(C)(C)CC3)sc2n1. The van der Waals surface area contributed by atoms with Crippen LogP contribution in [0, 0.1) is 12.3 Å². The first-order valence-electron chi connectivity index (χ1n) is 7.82. The predicted molar refractivity (Wildman–Crippen MR) is 87.8 cm³/mol. The molecular weight excluding hydrogens is 280 g/mol. The van der Waals surface area contributed by atoms with E-state index in [1.54, 1.807) is 18.3 Å². The standard InChI is InChI=1S/C17H24N2OS/c1-10(20)15-13-9-14(21-16(13)19-11(2)18-15)12-5-7-17(3,4)8-6-12/h9-10,12,20H,5-8H2,1-4H3. The highest BCUT2D eigenvalue weighted by Crippen LogP contribution is 2.45. The summed E-state index contributed by atoms with van der Waals surface area (Å²) in [5.74, 6) is 1.40. The number of aliphatic hydroxyl groups excluding tert-OH is 1. The molecule has 1 N–H and O–H groups in total. The van der Waals surface area contributed by atoms with Crippen molar-refractivity contribution < 1.29 is 5.11 Å². The van der Waals surface area contributed by atoms with E-state index in [1.807, 2.05) is 6.92 Å². The lowest BCUT2D eigenvalue weighted by Gasteiger charge is -2.33. The summed E-state index contributed by atoms with van der Waals surface area (Å²) in [5.41, 5.74) is 1.27. The van der Waals surface area contributed by atoms with Crippen LogP contribution in [0.5, 0.6) is 0 Å². The zero-order valence-electron chi connectivity index (χ0n) is 13.3. The molecule has 1 unspecified atom stereocenters. The van der Waals surface area contributed by atoms with Gasteiger partial charge in [0.2, 0.25) is 0 Å².